The Kier molecular flexibility index (Phi) is 3.74. The van der Waals surface area contributed by atoms with Crippen LogP contribution in [-0.2, 0) is 6.54 Å². The molecule has 0 radical (unpaired) electrons. The molecule has 7 nitrogen and oxygen atoms in total. The molecule has 19 heavy (non-hydrogen) atoms. The van der Waals surface area contributed by atoms with Crippen LogP contribution in [0.4, 0.5) is 5.82 Å². The van der Waals surface area contributed by atoms with Gasteiger partial charge in [-0.1, -0.05) is 6.07 Å². The predicted molar refractivity (Wildman–Crippen MR) is 68.1 cm³/mol. The first kappa shape index (κ1) is 13.0. The summed E-state index contributed by atoms with van der Waals surface area (Å²) >= 11 is 0. The summed E-state index contributed by atoms with van der Waals surface area (Å²) in [4.78, 5) is 18.1. The van der Waals surface area contributed by atoms with Gasteiger partial charge in [-0.15, -0.1) is 0 Å². The molecule has 2 heterocycles. The van der Waals surface area contributed by atoms with E-state index in [4.69, 9.17) is 5.73 Å². The van der Waals surface area contributed by atoms with Crippen LogP contribution in [0.5, 0.6) is 0 Å². The molecule has 0 spiro atoms. The number of nitrogens with two attached hydrogens (primary N) is 1. The highest BCUT2D eigenvalue weighted by Crippen LogP contribution is 2.11. The monoisotopic (exact) mass is 261 g/mol. The van der Waals surface area contributed by atoms with E-state index >= 15 is 0 Å². The third-order valence-electron chi connectivity index (χ3n) is 2.68. The molecule has 2 rings (SSSR count). The number of nitrogens with zero attached hydrogens (tertiary/aromatic N) is 4. The first-order valence-corrected chi connectivity index (χ1v) is 5.91. The summed E-state index contributed by atoms with van der Waals surface area (Å²) in [6.45, 7) is 4.68. The quantitative estimate of drug-likeness (QED) is 0.882. The van der Waals surface area contributed by atoms with Crippen molar-refractivity contribution in [2.24, 2.45) is 0 Å². The molecule has 0 aliphatic heterocycles. The molecule has 0 bridgehead atoms. The molecule has 0 aliphatic carbocycles. The Morgan fingerprint density at radius 3 is 2.79 bits per heavy atom. The van der Waals surface area contributed by atoms with Crippen LogP contribution in [0, 0.1) is 6.92 Å². The lowest BCUT2D eigenvalue weighted by Gasteiger charge is -2.19. The van der Waals surface area contributed by atoms with Crippen molar-refractivity contribution in [2.75, 3.05) is 12.3 Å². The average molecular weight is 261 g/mol. The Balaban J connectivity index is 2.17. The minimum absolute atomic E-state index is 0.000603. The Bertz CT molecular complexity index is 581. The lowest BCUT2D eigenvalue weighted by molar-refractivity contribution is 0.0740. The standard InChI is InChI=1S/C12H15N5O2/c1-3-17(7-9-6-4-5-8(2)14-9)12(18)10-11(13)16-19-15-10/h4-6H,3,7H2,1-2H3,(H2,13,16). The molecule has 0 aliphatic rings. The van der Waals surface area contributed by atoms with Crippen LogP contribution in [0.15, 0.2) is 22.8 Å². The smallest absolute Gasteiger partial charge is 0.280 e. The number of nitrogen functional groups attached to an aromatic ring is 1. The first-order valence-electron chi connectivity index (χ1n) is 5.91. The number of amides is 1. The maximum Gasteiger partial charge on any atom is 0.280 e. The van der Waals surface area contributed by atoms with Crippen molar-refractivity contribution >= 4 is 11.7 Å². The summed E-state index contributed by atoms with van der Waals surface area (Å²) in [6, 6.07) is 5.68. The largest absolute Gasteiger partial charge is 0.379 e. The minimum atomic E-state index is -0.315. The fourth-order valence-corrected chi connectivity index (χ4v) is 1.70. The zero-order chi connectivity index (χ0) is 13.8. The van der Waals surface area contributed by atoms with Crippen molar-refractivity contribution in [1.82, 2.24) is 20.2 Å². The van der Waals surface area contributed by atoms with E-state index in [0.29, 0.717) is 13.1 Å². The van der Waals surface area contributed by atoms with E-state index in [1.165, 1.54) is 0 Å². The molecular weight excluding hydrogens is 246 g/mol. The summed E-state index contributed by atoms with van der Waals surface area (Å²) in [5.41, 5.74) is 7.27. The van der Waals surface area contributed by atoms with Crippen molar-refractivity contribution in [2.45, 2.75) is 20.4 Å². The van der Waals surface area contributed by atoms with E-state index in [9.17, 15) is 4.79 Å². The topological polar surface area (TPSA) is 98.1 Å². The maximum atomic E-state index is 12.2. The van der Waals surface area contributed by atoms with E-state index < -0.39 is 0 Å². The van der Waals surface area contributed by atoms with Crippen LogP contribution >= 0.6 is 0 Å². The predicted octanol–water partition coefficient (Wildman–Crippen LogP) is 1.02. The molecule has 1 amide bonds. The van der Waals surface area contributed by atoms with Gasteiger partial charge in [0.15, 0.2) is 0 Å². The molecule has 0 aromatic carbocycles. The molecule has 0 saturated heterocycles. The minimum Gasteiger partial charge on any atom is -0.379 e. The van der Waals surface area contributed by atoms with Crippen LogP contribution in [0.25, 0.3) is 0 Å². The number of hydrogen-bond acceptors (Lipinski definition) is 6. The third kappa shape index (κ3) is 2.87. The number of pyridine rings is 1. The summed E-state index contributed by atoms with van der Waals surface area (Å²) in [6.07, 6.45) is 0. The molecule has 2 aromatic heterocycles. The molecule has 100 valence electrons. The van der Waals surface area contributed by atoms with Gasteiger partial charge in [0.05, 0.1) is 12.2 Å². The fraction of sp³-hybridized carbons (Fsp3) is 0.333. The lowest BCUT2D eigenvalue weighted by Crippen LogP contribution is -2.31. The average Bonchev–Trinajstić information content (AvgIpc) is 2.81. The van der Waals surface area contributed by atoms with Gasteiger partial charge in [-0.2, -0.15) is 0 Å². The highest BCUT2D eigenvalue weighted by molar-refractivity contribution is 5.95. The van der Waals surface area contributed by atoms with Gasteiger partial charge in [-0.3, -0.25) is 9.78 Å². The van der Waals surface area contributed by atoms with E-state index in [2.05, 4.69) is 19.9 Å². The van der Waals surface area contributed by atoms with Gasteiger partial charge in [0.25, 0.3) is 5.91 Å². The van der Waals surface area contributed by atoms with E-state index in [0.717, 1.165) is 11.4 Å². The fourth-order valence-electron chi connectivity index (χ4n) is 1.70. The van der Waals surface area contributed by atoms with E-state index in [1.54, 1.807) is 4.90 Å². The molecule has 0 fully saturated rings. The highest BCUT2D eigenvalue weighted by Gasteiger charge is 2.22. The number of aryl methyl sites for hydroxylation is 1. The number of rotatable bonds is 4. The highest BCUT2D eigenvalue weighted by atomic mass is 16.6. The van der Waals surface area contributed by atoms with Crippen molar-refractivity contribution < 1.29 is 9.42 Å². The van der Waals surface area contributed by atoms with Gasteiger partial charge in [0.1, 0.15) is 0 Å². The van der Waals surface area contributed by atoms with Crippen LogP contribution in [0.2, 0.25) is 0 Å². The third-order valence-corrected chi connectivity index (χ3v) is 2.68. The zero-order valence-electron chi connectivity index (χ0n) is 10.8. The number of anilines is 1. The molecule has 2 N–H and O–H groups in total. The first-order chi connectivity index (χ1) is 9.11. The van der Waals surface area contributed by atoms with Gasteiger partial charge in [0.2, 0.25) is 11.5 Å². The zero-order valence-corrected chi connectivity index (χ0v) is 10.8. The van der Waals surface area contributed by atoms with Gasteiger partial charge in [-0.05, 0) is 36.3 Å². The number of carbonyl (C=O) groups excluding carboxylic acids is 1. The Morgan fingerprint density at radius 1 is 1.42 bits per heavy atom. The van der Waals surface area contributed by atoms with Crippen LogP contribution in [-0.4, -0.2) is 32.6 Å². The Morgan fingerprint density at radius 2 is 2.21 bits per heavy atom. The SMILES string of the molecule is CCN(Cc1cccc(C)n1)C(=O)c1nonc1N. The van der Waals surface area contributed by atoms with Crippen molar-refractivity contribution in [3.63, 3.8) is 0 Å². The molecule has 0 atom stereocenters. The van der Waals surface area contributed by atoms with E-state index in [1.807, 2.05) is 32.0 Å². The molecular formula is C12H15N5O2. The second kappa shape index (κ2) is 5.47. The normalized spacial score (nSPS) is 10.4. The summed E-state index contributed by atoms with van der Waals surface area (Å²) < 4.78 is 4.44. The number of hydrogen-bond donors (Lipinski definition) is 1. The number of carbonyl (C=O) groups is 1. The maximum absolute atomic E-state index is 12.2. The summed E-state index contributed by atoms with van der Waals surface area (Å²) in [5, 5.41) is 6.93. The molecule has 2 aromatic rings. The van der Waals surface area contributed by atoms with Crippen molar-refractivity contribution in [3.05, 3.63) is 35.3 Å². The molecule has 7 heteroatoms. The van der Waals surface area contributed by atoms with Gasteiger partial charge >= 0.3 is 0 Å². The van der Waals surface area contributed by atoms with Crippen LogP contribution in [0.1, 0.15) is 28.8 Å². The van der Waals surface area contributed by atoms with Crippen LogP contribution < -0.4 is 5.73 Å². The molecule has 0 unspecified atom stereocenters. The van der Waals surface area contributed by atoms with E-state index in [-0.39, 0.29) is 17.4 Å². The second-order valence-corrected chi connectivity index (χ2v) is 4.09. The lowest BCUT2D eigenvalue weighted by atomic mass is 10.2. The van der Waals surface area contributed by atoms with Gasteiger partial charge < -0.3 is 10.6 Å². The van der Waals surface area contributed by atoms with Crippen molar-refractivity contribution in [1.29, 1.82) is 0 Å². The van der Waals surface area contributed by atoms with Gasteiger partial charge in [-0.25, -0.2) is 4.63 Å². The Hall–Kier alpha value is -2.44. The van der Waals surface area contributed by atoms with Crippen molar-refractivity contribution in [3.8, 4) is 0 Å². The molecule has 0 saturated carbocycles. The second-order valence-electron chi connectivity index (χ2n) is 4.09. The number of aromatic nitrogens is 3. The van der Waals surface area contributed by atoms with Crippen LogP contribution in [0.3, 0.4) is 0 Å². The van der Waals surface area contributed by atoms with Gasteiger partial charge in [0, 0.05) is 12.2 Å². The Labute approximate surface area is 110 Å². The summed E-state index contributed by atoms with van der Waals surface area (Å²) in [7, 11) is 0. The summed E-state index contributed by atoms with van der Waals surface area (Å²) in [5.74, 6) is -0.315.